The van der Waals surface area contributed by atoms with Crippen molar-refractivity contribution >= 4 is 17.6 Å². The zero-order valence-electron chi connectivity index (χ0n) is 11.6. The van der Waals surface area contributed by atoms with Crippen LogP contribution in [0.5, 0.6) is 5.75 Å². The lowest BCUT2D eigenvalue weighted by atomic mass is 10.2. The van der Waals surface area contributed by atoms with Crippen LogP contribution in [0.2, 0.25) is 5.02 Å². The number of carboxylic acids is 1. The van der Waals surface area contributed by atoms with Gasteiger partial charge >= 0.3 is 5.97 Å². The van der Waals surface area contributed by atoms with E-state index >= 15 is 0 Å². The number of likely N-dealkylation sites (tertiary alicyclic amines) is 1. The number of benzene rings is 1. The second-order valence-electron chi connectivity index (χ2n) is 5.21. The van der Waals surface area contributed by atoms with Gasteiger partial charge in [-0.15, -0.1) is 0 Å². The maximum absolute atomic E-state index is 11.2. The van der Waals surface area contributed by atoms with Crippen LogP contribution in [0.1, 0.15) is 36.5 Å². The number of ether oxygens (including phenoxy) is 1. The standard InChI is InChI=1S/C15H20ClNO3/c1-11(6-9-17-7-2-3-8-17)20-14-5-4-12(16)10-13(14)15(18)19/h4-5,10-11H,2-3,6-9H2,1H3,(H,18,19). The summed E-state index contributed by atoms with van der Waals surface area (Å²) in [5.41, 5.74) is 0.116. The van der Waals surface area contributed by atoms with Gasteiger partial charge < -0.3 is 14.7 Å². The molecule has 1 heterocycles. The summed E-state index contributed by atoms with van der Waals surface area (Å²) in [5.74, 6) is -0.634. The molecule has 1 aromatic carbocycles. The lowest BCUT2D eigenvalue weighted by molar-refractivity contribution is 0.0689. The molecule has 2 rings (SSSR count). The lowest BCUT2D eigenvalue weighted by Gasteiger charge is -2.20. The first-order valence-electron chi connectivity index (χ1n) is 6.98. The van der Waals surface area contributed by atoms with Crippen LogP contribution in [-0.2, 0) is 0 Å². The molecule has 1 saturated heterocycles. The summed E-state index contributed by atoms with van der Waals surface area (Å²) in [6, 6.07) is 4.70. The number of halogens is 1. The predicted molar refractivity (Wildman–Crippen MR) is 78.8 cm³/mol. The molecule has 0 bridgehead atoms. The van der Waals surface area contributed by atoms with E-state index in [1.54, 1.807) is 12.1 Å². The minimum Gasteiger partial charge on any atom is -0.490 e. The van der Waals surface area contributed by atoms with Gasteiger partial charge in [-0.2, -0.15) is 0 Å². The first-order chi connectivity index (χ1) is 9.56. The molecule has 1 aromatic rings. The van der Waals surface area contributed by atoms with E-state index in [0.717, 1.165) is 26.1 Å². The van der Waals surface area contributed by atoms with Crippen LogP contribution in [0, 0.1) is 0 Å². The topological polar surface area (TPSA) is 49.8 Å². The Kier molecular flexibility index (Phi) is 5.26. The van der Waals surface area contributed by atoms with E-state index in [1.165, 1.54) is 18.9 Å². The molecular weight excluding hydrogens is 278 g/mol. The van der Waals surface area contributed by atoms with Gasteiger partial charge in [0.2, 0.25) is 0 Å². The Morgan fingerprint density at radius 2 is 2.15 bits per heavy atom. The summed E-state index contributed by atoms with van der Waals surface area (Å²) >= 11 is 5.82. The fraction of sp³-hybridized carbons (Fsp3) is 0.533. The van der Waals surface area contributed by atoms with Crippen molar-refractivity contribution < 1.29 is 14.6 Å². The average molecular weight is 298 g/mol. The number of hydrogen-bond donors (Lipinski definition) is 1. The van der Waals surface area contributed by atoms with Crippen molar-refractivity contribution in [1.29, 1.82) is 0 Å². The Morgan fingerprint density at radius 1 is 1.45 bits per heavy atom. The van der Waals surface area contributed by atoms with Crippen molar-refractivity contribution in [1.82, 2.24) is 4.90 Å². The van der Waals surface area contributed by atoms with Gasteiger partial charge in [-0.3, -0.25) is 0 Å². The zero-order chi connectivity index (χ0) is 14.5. The molecule has 5 heteroatoms. The van der Waals surface area contributed by atoms with Gasteiger partial charge in [0.15, 0.2) is 0 Å². The molecule has 0 saturated carbocycles. The van der Waals surface area contributed by atoms with E-state index in [1.807, 2.05) is 6.92 Å². The molecule has 1 unspecified atom stereocenters. The molecular formula is C15H20ClNO3. The molecule has 0 aliphatic carbocycles. The summed E-state index contributed by atoms with van der Waals surface area (Å²) in [4.78, 5) is 13.6. The minimum atomic E-state index is -1.02. The molecule has 0 spiro atoms. The SMILES string of the molecule is CC(CCN1CCCC1)Oc1ccc(Cl)cc1C(=O)O. The smallest absolute Gasteiger partial charge is 0.339 e. The average Bonchev–Trinajstić information content (AvgIpc) is 2.91. The van der Waals surface area contributed by atoms with Gasteiger partial charge in [0.1, 0.15) is 11.3 Å². The van der Waals surface area contributed by atoms with Crippen LogP contribution in [0.25, 0.3) is 0 Å². The maximum atomic E-state index is 11.2. The first kappa shape index (κ1) is 15.1. The van der Waals surface area contributed by atoms with Crippen molar-refractivity contribution in [2.24, 2.45) is 0 Å². The number of rotatable bonds is 6. The van der Waals surface area contributed by atoms with Gasteiger partial charge in [-0.1, -0.05) is 11.6 Å². The third-order valence-electron chi connectivity index (χ3n) is 3.55. The maximum Gasteiger partial charge on any atom is 0.339 e. The molecule has 4 nitrogen and oxygen atoms in total. The van der Waals surface area contributed by atoms with Crippen molar-refractivity contribution in [2.75, 3.05) is 19.6 Å². The second-order valence-corrected chi connectivity index (χ2v) is 5.65. The van der Waals surface area contributed by atoms with Gasteiger partial charge in [0.05, 0.1) is 6.10 Å². The highest BCUT2D eigenvalue weighted by molar-refractivity contribution is 6.31. The molecule has 0 radical (unpaired) electrons. The molecule has 110 valence electrons. The third kappa shape index (κ3) is 4.12. The van der Waals surface area contributed by atoms with Crippen molar-refractivity contribution in [3.05, 3.63) is 28.8 Å². The Bertz CT molecular complexity index is 472. The molecule has 1 aliphatic rings. The van der Waals surface area contributed by atoms with Crippen LogP contribution in [0.4, 0.5) is 0 Å². The summed E-state index contributed by atoms with van der Waals surface area (Å²) in [5, 5.41) is 9.56. The second kappa shape index (κ2) is 6.95. The Morgan fingerprint density at radius 3 is 2.80 bits per heavy atom. The van der Waals surface area contributed by atoms with Crippen LogP contribution in [0.15, 0.2) is 18.2 Å². The van der Waals surface area contributed by atoms with E-state index in [-0.39, 0.29) is 11.7 Å². The minimum absolute atomic E-state index is 0.0186. The van der Waals surface area contributed by atoms with E-state index < -0.39 is 5.97 Å². The van der Waals surface area contributed by atoms with Crippen LogP contribution in [0.3, 0.4) is 0 Å². The highest BCUT2D eigenvalue weighted by Gasteiger charge is 2.16. The highest BCUT2D eigenvalue weighted by Crippen LogP contribution is 2.24. The van der Waals surface area contributed by atoms with E-state index in [2.05, 4.69) is 4.90 Å². The van der Waals surface area contributed by atoms with E-state index in [4.69, 9.17) is 21.4 Å². The van der Waals surface area contributed by atoms with Crippen LogP contribution in [-0.4, -0.2) is 41.7 Å². The van der Waals surface area contributed by atoms with Crippen molar-refractivity contribution in [3.8, 4) is 5.75 Å². The molecule has 1 fully saturated rings. The fourth-order valence-electron chi connectivity index (χ4n) is 2.42. The fourth-order valence-corrected chi connectivity index (χ4v) is 2.59. The number of carbonyl (C=O) groups is 1. The Labute approximate surface area is 124 Å². The molecule has 0 amide bonds. The molecule has 1 N–H and O–H groups in total. The Balaban J connectivity index is 1.92. The number of nitrogens with zero attached hydrogens (tertiary/aromatic N) is 1. The first-order valence-corrected chi connectivity index (χ1v) is 7.36. The van der Waals surface area contributed by atoms with Crippen LogP contribution < -0.4 is 4.74 Å². The van der Waals surface area contributed by atoms with Crippen molar-refractivity contribution in [3.63, 3.8) is 0 Å². The van der Waals surface area contributed by atoms with E-state index in [9.17, 15) is 4.79 Å². The lowest BCUT2D eigenvalue weighted by Crippen LogP contribution is -2.25. The highest BCUT2D eigenvalue weighted by atomic mass is 35.5. The summed E-state index contributed by atoms with van der Waals surface area (Å²) < 4.78 is 5.76. The molecule has 20 heavy (non-hydrogen) atoms. The van der Waals surface area contributed by atoms with Crippen molar-refractivity contribution in [2.45, 2.75) is 32.3 Å². The quantitative estimate of drug-likeness (QED) is 0.875. The van der Waals surface area contributed by atoms with Gasteiger partial charge in [0, 0.05) is 11.6 Å². The zero-order valence-corrected chi connectivity index (χ0v) is 12.4. The number of hydrogen-bond acceptors (Lipinski definition) is 3. The monoisotopic (exact) mass is 297 g/mol. The normalized spacial score (nSPS) is 17.1. The predicted octanol–water partition coefficient (Wildman–Crippen LogP) is 3.29. The summed E-state index contributed by atoms with van der Waals surface area (Å²) in [6.07, 6.45) is 3.42. The Hall–Kier alpha value is -1.26. The summed E-state index contributed by atoms with van der Waals surface area (Å²) in [7, 11) is 0. The van der Waals surface area contributed by atoms with E-state index in [0.29, 0.717) is 10.8 Å². The summed E-state index contributed by atoms with van der Waals surface area (Å²) in [6.45, 7) is 5.29. The van der Waals surface area contributed by atoms with Gasteiger partial charge in [-0.25, -0.2) is 4.79 Å². The number of aromatic carboxylic acids is 1. The molecule has 1 aliphatic heterocycles. The van der Waals surface area contributed by atoms with Crippen LogP contribution >= 0.6 is 11.6 Å². The molecule has 1 atom stereocenters. The largest absolute Gasteiger partial charge is 0.490 e. The third-order valence-corrected chi connectivity index (χ3v) is 3.79. The van der Waals surface area contributed by atoms with Gasteiger partial charge in [-0.05, 0) is 57.5 Å². The van der Waals surface area contributed by atoms with Gasteiger partial charge in [0.25, 0.3) is 0 Å². The molecule has 0 aromatic heterocycles. The number of carboxylic acid groups (broad SMARTS) is 1.